The van der Waals surface area contributed by atoms with Gasteiger partial charge in [0, 0.05) is 5.56 Å². The van der Waals surface area contributed by atoms with Crippen molar-refractivity contribution in [3.8, 4) is 5.75 Å². The SMILES string of the molecule is CCCOc1ccc(C(=O)C(C[NH+]2CCCCC2)c2ccccc2)cc1. The average Bonchev–Trinajstić information content (AvgIpc) is 2.72. The second-order valence-corrected chi connectivity index (χ2v) is 7.22. The maximum Gasteiger partial charge on any atom is 0.175 e. The number of likely N-dealkylation sites (tertiary alicyclic amines) is 1. The Morgan fingerprint density at radius 3 is 2.35 bits per heavy atom. The highest BCUT2D eigenvalue weighted by Gasteiger charge is 2.27. The molecule has 1 heterocycles. The molecule has 0 spiro atoms. The summed E-state index contributed by atoms with van der Waals surface area (Å²) in [6, 6.07) is 17.9. The highest BCUT2D eigenvalue weighted by atomic mass is 16.5. The number of ether oxygens (including phenoxy) is 1. The minimum absolute atomic E-state index is 0.0771. The number of rotatable bonds is 8. The van der Waals surface area contributed by atoms with E-state index in [4.69, 9.17) is 4.74 Å². The van der Waals surface area contributed by atoms with E-state index in [9.17, 15) is 4.79 Å². The summed E-state index contributed by atoms with van der Waals surface area (Å²) >= 11 is 0. The first-order valence-electron chi connectivity index (χ1n) is 9.93. The first kappa shape index (κ1) is 18.7. The van der Waals surface area contributed by atoms with Gasteiger partial charge in [0.1, 0.15) is 5.75 Å². The summed E-state index contributed by atoms with van der Waals surface area (Å²) < 4.78 is 5.64. The maximum absolute atomic E-state index is 13.3. The lowest BCUT2D eigenvalue weighted by molar-refractivity contribution is -0.905. The van der Waals surface area contributed by atoms with Crippen molar-refractivity contribution in [2.24, 2.45) is 0 Å². The molecular formula is C23H30NO2+. The molecule has 3 nitrogen and oxygen atoms in total. The van der Waals surface area contributed by atoms with E-state index in [0.717, 1.165) is 29.8 Å². The fourth-order valence-electron chi connectivity index (χ4n) is 3.73. The van der Waals surface area contributed by atoms with Crippen LogP contribution in [0.3, 0.4) is 0 Å². The van der Waals surface area contributed by atoms with Crippen LogP contribution in [0.4, 0.5) is 0 Å². The molecule has 1 aliphatic heterocycles. The third kappa shape index (κ3) is 4.95. The summed E-state index contributed by atoms with van der Waals surface area (Å²) in [5.41, 5.74) is 1.90. The summed E-state index contributed by atoms with van der Waals surface area (Å²) in [5.74, 6) is 0.976. The molecule has 1 aliphatic rings. The Balaban J connectivity index is 1.77. The monoisotopic (exact) mass is 352 g/mol. The number of quaternary nitrogens is 1. The minimum Gasteiger partial charge on any atom is -0.494 e. The number of piperidine rings is 1. The van der Waals surface area contributed by atoms with Gasteiger partial charge in [0.2, 0.25) is 0 Å². The van der Waals surface area contributed by atoms with Gasteiger partial charge in [-0.15, -0.1) is 0 Å². The van der Waals surface area contributed by atoms with E-state index in [1.165, 1.54) is 32.4 Å². The van der Waals surface area contributed by atoms with Crippen molar-refractivity contribution in [1.82, 2.24) is 0 Å². The van der Waals surface area contributed by atoms with E-state index < -0.39 is 0 Å². The van der Waals surface area contributed by atoms with Crippen LogP contribution in [0.25, 0.3) is 0 Å². The number of hydrogen-bond donors (Lipinski definition) is 1. The number of carbonyl (C=O) groups is 1. The third-order valence-electron chi connectivity index (χ3n) is 5.18. The van der Waals surface area contributed by atoms with Crippen LogP contribution in [0.15, 0.2) is 54.6 Å². The van der Waals surface area contributed by atoms with Crippen LogP contribution in [-0.4, -0.2) is 32.0 Å². The van der Waals surface area contributed by atoms with E-state index in [-0.39, 0.29) is 11.7 Å². The Morgan fingerprint density at radius 2 is 1.69 bits per heavy atom. The van der Waals surface area contributed by atoms with Crippen LogP contribution < -0.4 is 9.64 Å². The van der Waals surface area contributed by atoms with Crippen LogP contribution in [0.1, 0.15) is 54.4 Å². The molecule has 1 saturated heterocycles. The average molecular weight is 352 g/mol. The van der Waals surface area contributed by atoms with Crippen LogP contribution in [0.2, 0.25) is 0 Å². The topological polar surface area (TPSA) is 30.7 Å². The molecule has 138 valence electrons. The Morgan fingerprint density at radius 1 is 1.00 bits per heavy atom. The standard InChI is InChI=1S/C23H29NO2/c1-2-17-26-21-13-11-20(12-14-21)23(25)22(19-9-5-3-6-10-19)18-24-15-7-4-8-16-24/h3,5-6,9-14,22H,2,4,7-8,15-18H2,1H3/p+1. The molecule has 0 bridgehead atoms. The van der Waals surface area contributed by atoms with Gasteiger partial charge >= 0.3 is 0 Å². The molecule has 2 aromatic rings. The molecule has 3 rings (SSSR count). The molecule has 1 fully saturated rings. The molecule has 3 heteroatoms. The molecule has 1 atom stereocenters. The van der Waals surface area contributed by atoms with Gasteiger partial charge in [-0.1, -0.05) is 37.3 Å². The van der Waals surface area contributed by atoms with E-state index in [1.54, 1.807) is 4.90 Å². The van der Waals surface area contributed by atoms with Crippen molar-refractivity contribution >= 4 is 5.78 Å². The number of nitrogens with one attached hydrogen (secondary N) is 1. The number of ketones is 1. The molecule has 1 N–H and O–H groups in total. The largest absolute Gasteiger partial charge is 0.494 e. The summed E-state index contributed by atoms with van der Waals surface area (Å²) in [6.45, 7) is 6.04. The van der Waals surface area contributed by atoms with Gasteiger partial charge < -0.3 is 9.64 Å². The lowest BCUT2D eigenvalue weighted by Gasteiger charge is -2.27. The van der Waals surface area contributed by atoms with Crippen molar-refractivity contribution in [3.05, 3.63) is 65.7 Å². The molecule has 2 aromatic carbocycles. The summed E-state index contributed by atoms with van der Waals surface area (Å²) in [6.07, 6.45) is 4.85. The van der Waals surface area contributed by atoms with Gasteiger partial charge in [-0.2, -0.15) is 0 Å². The van der Waals surface area contributed by atoms with Crippen molar-refractivity contribution in [2.75, 3.05) is 26.2 Å². The van der Waals surface area contributed by atoms with Crippen molar-refractivity contribution < 1.29 is 14.4 Å². The van der Waals surface area contributed by atoms with Crippen molar-refractivity contribution in [3.63, 3.8) is 0 Å². The fourth-order valence-corrected chi connectivity index (χ4v) is 3.73. The number of Topliss-reactive ketones (excluding diaryl/α,β-unsaturated/α-hetero) is 1. The second-order valence-electron chi connectivity index (χ2n) is 7.22. The first-order chi connectivity index (χ1) is 12.8. The number of benzene rings is 2. The van der Waals surface area contributed by atoms with E-state index in [1.807, 2.05) is 42.5 Å². The quantitative estimate of drug-likeness (QED) is 0.737. The summed E-state index contributed by atoms with van der Waals surface area (Å²) in [4.78, 5) is 14.8. The van der Waals surface area contributed by atoms with Crippen LogP contribution in [0, 0.1) is 0 Å². The first-order valence-corrected chi connectivity index (χ1v) is 9.93. The smallest absolute Gasteiger partial charge is 0.175 e. The third-order valence-corrected chi connectivity index (χ3v) is 5.18. The zero-order valence-corrected chi connectivity index (χ0v) is 15.7. The van der Waals surface area contributed by atoms with E-state index in [2.05, 4.69) is 19.1 Å². The van der Waals surface area contributed by atoms with Crippen molar-refractivity contribution in [1.29, 1.82) is 0 Å². The number of carbonyl (C=O) groups excluding carboxylic acids is 1. The zero-order chi connectivity index (χ0) is 18.2. The van der Waals surface area contributed by atoms with Gasteiger partial charge in [-0.25, -0.2) is 0 Å². The van der Waals surface area contributed by atoms with Gasteiger partial charge in [0.25, 0.3) is 0 Å². The van der Waals surface area contributed by atoms with Crippen LogP contribution in [-0.2, 0) is 0 Å². The lowest BCUT2D eigenvalue weighted by atomic mass is 9.89. The normalized spacial score (nSPS) is 16.2. The zero-order valence-electron chi connectivity index (χ0n) is 15.7. The molecular weight excluding hydrogens is 322 g/mol. The molecule has 0 aliphatic carbocycles. The molecule has 0 radical (unpaired) electrons. The summed E-state index contributed by atoms with van der Waals surface area (Å²) in [5, 5.41) is 0. The Kier molecular flexibility index (Phi) is 6.84. The predicted octanol–water partition coefficient (Wildman–Crippen LogP) is 3.51. The molecule has 1 unspecified atom stereocenters. The van der Waals surface area contributed by atoms with Crippen LogP contribution >= 0.6 is 0 Å². The fraction of sp³-hybridized carbons (Fsp3) is 0.435. The Labute approximate surface area is 157 Å². The van der Waals surface area contributed by atoms with Crippen molar-refractivity contribution in [2.45, 2.75) is 38.5 Å². The molecule has 26 heavy (non-hydrogen) atoms. The highest BCUT2D eigenvalue weighted by molar-refractivity contribution is 6.01. The van der Waals surface area contributed by atoms with Gasteiger partial charge in [0.15, 0.2) is 5.78 Å². The molecule has 0 saturated carbocycles. The molecule has 0 aromatic heterocycles. The summed E-state index contributed by atoms with van der Waals surface area (Å²) in [7, 11) is 0. The van der Waals surface area contributed by atoms with E-state index in [0.29, 0.717) is 6.61 Å². The minimum atomic E-state index is -0.0771. The lowest BCUT2D eigenvalue weighted by Crippen LogP contribution is -3.13. The Bertz CT molecular complexity index is 675. The maximum atomic E-state index is 13.3. The Hall–Kier alpha value is -2.13. The molecule has 0 amide bonds. The predicted molar refractivity (Wildman–Crippen MR) is 105 cm³/mol. The van der Waals surface area contributed by atoms with Gasteiger partial charge in [-0.05, 0) is 55.5 Å². The second kappa shape index (κ2) is 9.54. The number of hydrogen-bond acceptors (Lipinski definition) is 2. The van der Waals surface area contributed by atoms with Gasteiger partial charge in [0.05, 0.1) is 32.2 Å². The highest BCUT2D eigenvalue weighted by Crippen LogP contribution is 2.22. The van der Waals surface area contributed by atoms with Crippen LogP contribution in [0.5, 0.6) is 5.75 Å². The van der Waals surface area contributed by atoms with Gasteiger partial charge in [-0.3, -0.25) is 4.79 Å². The van der Waals surface area contributed by atoms with E-state index >= 15 is 0 Å².